The summed E-state index contributed by atoms with van der Waals surface area (Å²) in [4.78, 5) is 0. The highest BCUT2D eigenvalue weighted by Gasteiger charge is 2.29. The summed E-state index contributed by atoms with van der Waals surface area (Å²) in [6.45, 7) is 0.536. The molecule has 2 aromatic rings. The van der Waals surface area contributed by atoms with Gasteiger partial charge in [0.05, 0.1) is 18.1 Å². The second-order valence-electron chi connectivity index (χ2n) is 6.09. The van der Waals surface area contributed by atoms with E-state index < -0.39 is 9.84 Å². The summed E-state index contributed by atoms with van der Waals surface area (Å²) in [5.41, 5.74) is 0. The van der Waals surface area contributed by atoms with Gasteiger partial charge < -0.3 is 9.30 Å². The highest BCUT2D eigenvalue weighted by Crippen LogP contribution is 2.24. The van der Waals surface area contributed by atoms with Gasteiger partial charge in [0, 0.05) is 24.2 Å². The molecule has 0 N–H and O–H groups in total. The van der Waals surface area contributed by atoms with E-state index in [0.717, 1.165) is 22.5 Å². The van der Waals surface area contributed by atoms with Gasteiger partial charge in [-0.15, -0.1) is 10.2 Å². The van der Waals surface area contributed by atoms with Crippen LogP contribution in [0.2, 0.25) is 5.02 Å². The molecule has 0 bridgehead atoms. The van der Waals surface area contributed by atoms with Gasteiger partial charge in [0.2, 0.25) is 0 Å². The first-order chi connectivity index (χ1) is 11.9. The van der Waals surface area contributed by atoms with Gasteiger partial charge in [0.1, 0.15) is 11.6 Å². The lowest BCUT2D eigenvalue weighted by Crippen LogP contribution is -2.11. The van der Waals surface area contributed by atoms with Gasteiger partial charge in [-0.3, -0.25) is 0 Å². The number of halogens is 1. The number of hydrogen-bond donors (Lipinski definition) is 0. The standard InChI is InChI=1S/C16H20ClN3O3S2/c1-20-15(9-12-5-8-25(21,22)11-12)18-19-16(20)24-7-6-23-14-4-2-3-13(17)10-14/h2-4,10,12H,5-9,11H2,1H3/t12-/m0/s1. The molecule has 1 saturated heterocycles. The maximum absolute atomic E-state index is 11.6. The molecule has 0 amide bonds. The molecule has 0 unspecified atom stereocenters. The Labute approximate surface area is 156 Å². The van der Waals surface area contributed by atoms with Crippen molar-refractivity contribution in [3.63, 3.8) is 0 Å². The number of hydrogen-bond acceptors (Lipinski definition) is 6. The Morgan fingerprint density at radius 1 is 1.40 bits per heavy atom. The zero-order chi connectivity index (χ0) is 17.9. The fraction of sp³-hybridized carbons (Fsp3) is 0.500. The maximum atomic E-state index is 11.6. The Balaban J connectivity index is 1.48. The molecular weight excluding hydrogens is 382 g/mol. The van der Waals surface area contributed by atoms with Gasteiger partial charge in [0.15, 0.2) is 15.0 Å². The van der Waals surface area contributed by atoms with Gasteiger partial charge in [-0.1, -0.05) is 29.4 Å². The molecule has 6 nitrogen and oxygen atoms in total. The number of rotatable bonds is 7. The van der Waals surface area contributed by atoms with Gasteiger partial charge in [0.25, 0.3) is 0 Å². The highest BCUT2D eigenvalue weighted by atomic mass is 35.5. The van der Waals surface area contributed by atoms with E-state index >= 15 is 0 Å². The molecule has 1 fully saturated rings. The molecule has 0 aliphatic carbocycles. The van der Waals surface area contributed by atoms with Crippen molar-refractivity contribution in [2.45, 2.75) is 18.0 Å². The van der Waals surface area contributed by atoms with Crippen LogP contribution in [0.1, 0.15) is 12.2 Å². The van der Waals surface area contributed by atoms with E-state index in [-0.39, 0.29) is 17.4 Å². The predicted octanol–water partition coefficient (Wildman–Crippen LogP) is 2.62. The van der Waals surface area contributed by atoms with Crippen molar-refractivity contribution in [1.82, 2.24) is 14.8 Å². The number of sulfone groups is 1. The van der Waals surface area contributed by atoms with E-state index in [2.05, 4.69) is 10.2 Å². The van der Waals surface area contributed by atoms with Crippen molar-refractivity contribution in [2.75, 3.05) is 23.9 Å². The smallest absolute Gasteiger partial charge is 0.191 e. The third-order valence-corrected chi connectivity index (χ3v) is 7.16. The molecule has 25 heavy (non-hydrogen) atoms. The van der Waals surface area contributed by atoms with Crippen LogP contribution in [0.15, 0.2) is 29.4 Å². The molecule has 2 heterocycles. The summed E-state index contributed by atoms with van der Waals surface area (Å²) in [5.74, 6) is 3.01. The largest absolute Gasteiger partial charge is 0.493 e. The van der Waals surface area contributed by atoms with Crippen molar-refractivity contribution in [3.05, 3.63) is 35.1 Å². The van der Waals surface area contributed by atoms with Crippen LogP contribution in [-0.4, -0.2) is 47.0 Å². The summed E-state index contributed by atoms with van der Waals surface area (Å²) < 4.78 is 30.7. The quantitative estimate of drug-likeness (QED) is 0.524. The Kier molecular flexibility index (Phi) is 5.91. The van der Waals surface area contributed by atoms with Crippen LogP contribution >= 0.6 is 23.4 Å². The molecule has 1 atom stereocenters. The Bertz CT molecular complexity index is 839. The fourth-order valence-electron chi connectivity index (χ4n) is 2.79. The van der Waals surface area contributed by atoms with E-state index in [4.69, 9.17) is 16.3 Å². The molecule has 9 heteroatoms. The van der Waals surface area contributed by atoms with Crippen molar-refractivity contribution in [3.8, 4) is 5.75 Å². The van der Waals surface area contributed by atoms with E-state index in [1.807, 2.05) is 23.7 Å². The SMILES string of the molecule is Cn1c(C[C@@H]2CCS(=O)(=O)C2)nnc1SCCOc1cccc(Cl)c1. The van der Waals surface area contributed by atoms with Crippen molar-refractivity contribution in [2.24, 2.45) is 13.0 Å². The molecule has 3 rings (SSSR count). The fourth-order valence-corrected chi connectivity index (χ4v) is 5.58. The van der Waals surface area contributed by atoms with Crippen molar-refractivity contribution in [1.29, 1.82) is 0 Å². The zero-order valence-electron chi connectivity index (χ0n) is 13.9. The maximum Gasteiger partial charge on any atom is 0.191 e. The summed E-state index contributed by atoms with van der Waals surface area (Å²) in [5, 5.41) is 9.88. The van der Waals surface area contributed by atoms with Crippen LogP contribution in [0.3, 0.4) is 0 Å². The summed E-state index contributed by atoms with van der Waals surface area (Å²) in [6.07, 6.45) is 1.37. The Morgan fingerprint density at radius 2 is 2.24 bits per heavy atom. The normalized spacial score (nSPS) is 19.2. The molecule has 0 radical (unpaired) electrons. The van der Waals surface area contributed by atoms with Crippen LogP contribution < -0.4 is 4.74 Å². The molecule has 136 valence electrons. The van der Waals surface area contributed by atoms with E-state index in [9.17, 15) is 8.42 Å². The van der Waals surface area contributed by atoms with Gasteiger partial charge in [-0.25, -0.2) is 8.42 Å². The first-order valence-corrected chi connectivity index (χ1v) is 11.2. The lowest BCUT2D eigenvalue weighted by molar-refractivity contribution is 0.344. The number of benzene rings is 1. The predicted molar refractivity (Wildman–Crippen MR) is 99.1 cm³/mol. The summed E-state index contributed by atoms with van der Waals surface area (Å²) in [7, 11) is -0.942. The Morgan fingerprint density at radius 3 is 2.96 bits per heavy atom. The Hall–Kier alpha value is -1.25. The van der Waals surface area contributed by atoms with Gasteiger partial charge >= 0.3 is 0 Å². The number of aromatic nitrogens is 3. The molecule has 1 aromatic heterocycles. The number of ether oxygens (including phenoxy) is 1. The summed E-state index contributed by atoms with van der Waals surface area (Å²) >= 11 is 7.48. The van der Waals surface area contributed by atoms with Gasteiger partial charge in [-0.2, -0.15) is 0 Å². The van der Waals surface area contributed by atoms with Crippen molar-refractivity contribution >= 4 is 33.2 Å². The minimum atomic E-state index is -2.86. The van der Waals surface area contributed by atoms with Crippen LogP contribution in [0.4, 0.5) is 0 Å². The minimum absolute atomic E-state index is 0.150. The second-order valence-corrected chi connectivity index (χ2v) is 9.81. The number of thioether (sulfide) groups is 1. The first-order valence-electron chi connectivity index (χ1n) is 8.03. The van der Waals surface area contributed by atoms with Gasteiger partial charge in [-0.05, 0) is 30.5 Å². The average Bonchev–Trinajstić information content (AvgIpc) is 3.07. The minimum Gasteiger partial charge on any atom is -0.493 e. The average molecular weight is 402 g/mol. The highest BCUT2D eigenvalue weighted by molar-refractivity contribution is 7.99. The van der Waals surface area contributed by atoms with Crippen LogP contribution in [-0.2, 0) is 23.3 Å². The van der Waals surface area contributed by atoms with Crippen LogP contribution in [0.5, 0.6) is 5.75 Å². The molecule has 1 aromatic carbocycles. The lowest BCUT2D eigenvalue weighted by atomic mass is 10.1. The van der Waals surface area contributed by atoms with Crippen molar-refractivity contribution < 1.29 is 13.2 Å². The monoisotopic (exact) mass is 401 g/mol. The molecule has 0 saturated carbocycles. The van der Waals surface area contributed by atoms with Crippen LogP contribution in [0.25, 0.3) is 0 Å². The van der Waals surface area contributed by atoms with E-state index in [1.54, 1.807) is 23.9 Å². The second kappa shape index (κ2) is 7.97. The van der Waals surface area contributed by atoms with E-state index in [0.29, 0.717) is 24.5 Å². The molecular formula is C16H20ClN3O3S2. The summed E-state index contributed by atoms with van der Waals surface area (Å²) in [6, 6.07) is 7.30. The first kappa shape index (κ1) is 18.5. The zero-order valence-corrected chi connectivity index (χ0v) is 16.3. The topological polar surface area (TPSA) is 74.1 Å². The third-order valence-electron chi connectivity index (χ3n) is 4.10. The van der Waals surface area contributed by atoms with Crippen LogP contribution in [0, 0.1) is 5.92 Å². The third kappa shape index (κ3) is 5.12. The molecule has 1 aliphatic heterocycles. The molecule has 0 spiro atoms. The van der Waals surface area contributed by atoms with E-state index in [1.165, 1.54) is 0 Å². The molecule has 1 aliphatic rings. The lowest BCUT2D eigenvalue weighted by Gasteiger charge is -2.08. The number of nitrogens with zero attached hydrogens (tertiary/aromatic N) is 3.